The topological polar surface area (TPSA) is 61.9 Å². The summed E-state index contributed by atoms with van der Waals surface area (Å²) in [5.41, 5.74) is 4.44. The van der Waals surface area contributed by atoms with Crippen LogP contribution in [-0.4, -0.2) is 59.6 Å². The standard InChI is InChI=1S/C30H45N3O3/c1-22(21-32-16-7-5-8-17-32)23-14-15-26-24(19-23)11-10-13-27(26)31-28(34)20-25-12-6-9-18-33(25)29(35)36-30(2,3)4/h14-15,19,25,27H,1,5-13,16-18,20-21H2,2-4H3,(H,31,34)/t25-,27+/m0/s1. The summed E-state index contributed by atoms with van der Waals surface area (Å²) in [6, 6.07) is 6.61. The Bertz CT molecular complexity index is 945. The molecule has 0 saturated carbocycles. The molecular formula is C30H45N3O3. The first-order chi connectivity index (χ1) is 17.2. The maximum atomic E-state index is 13.1. The molecule has 2 atom stereocenters. The molecule has 2 aliphatic heterocycles. The summed E-state index contributed by atoms with van der Waals surface area (Å²) in [6.07, 6.45) is 9.83. The number of fused-ring (bicyclic) bond motifs is 1. The lowest BCUT2D eigenvalue weighted by molar-refractivity contribution is -0.123. The summed E-state index contributed by atoms with van der Waals surface area (Å²) in [5.74, 6) is 0.0203. The number of piperidine rings is 2. The fourth-order valence-electron chi connectivity index (χ4n) is 5.90. The van der Waals surface area contributed by atoms with E-state index in [-0.39, 0.29) is 24.1 Å². The summed E-state index contributed by atoms with van der Waals surface area (Å²) in [5, 5.41) is 3.30. The lowest BCUT2D eigenvalue weighted by Gasteiger charge is -2.37. The normalized spacial score (nSPS) is 23.0. The van der Waals surface area contributed by atoms with Crippen molar-refractivity contribution in [1.29, 1.82) is 0 Å². The van der Waals surface area contributed by atoms with Gasteiger partial charge in [-0.3, -0.25) is 9.69 Å². The summed E-state index contributed by atoms with van der Waals surface area (Å²) >= 11 is 0. The van der Waals surface area contributed by atoms with Crippen molar-refractivity contribution >= 4 is 17.6 Å². The van der Waals surface area contributed by atoms with Gasteiger partial charge < -0.3 is 15.0 Å². The summed E-state index contributed by atoms with van der Waals surface area (Å²) in [7, 11) is 0. The third kappa shape index (κ3) is 7.12. The third-order valence-corrected chi connectivity index (χ3v) is 7.74. The molecule has 3 aliphatic rings. The molecule has 2 amide bonds. The van der Waals surface area contributed by atoms with E-state index in [0.717, 1.165) is 45.1 Å². The first kappa shape index (κ1) is 26.7. The van der Waals surface area contributed by atoms with Crippen LogP contribution in [0.4, 0.5) is 4.79 Å². The Hall–Kier alpha value is -2.34. The van der Waals surface area contributed by atoms with E-state index >= 15 is 0 Å². The minimum absolute atomic E-state index is 0.0203. The highest BCUT2D eigenvalue weighted by Crippen LogP contribution is 2.32. The van der Waals surface area contributed by atoms with Crippen LogP contribution in [-0.2, 0) is 16.0 Å². The molecule has 0 aromatic heterocycles. The van der Waals surface area contributed by atoms with Gasteiger partial charge in [0, 0.05) is 25.6 Å². The molecular weight excluding hydrogens is 450 g/mol. The van der Waals surface area contributed by atoms with E-state index in [1.165, 1.54) is 54.6 Å². The quantitative estimate of drug-likeness (QED) is 0.537. The highest BCUT2D eigenvalue weighted by molar-refractivity contribution is 5.78. The van der Waals surface area contributed by atoms with Crippen molar-refractivity contribution in [3.05, 3.63) is 41.5 Å². The Morgan fingerprint density at radius 3 is 2.53 bits per heavy atom. The molecule has 36 heavy (non-hydrogen) atoms. The Kier molecular flexibility index (Phi) is 8.76. The lowest BCUT2D eigenvalue weighted by Crippen LogP contribution is -2.48. The van der Waals surface area contributed by atoms with Crippen molar-refractivity contribution in [2.75, 3.05) is 26.2 Å². The number of carbonyl (C=O) groups is 2. The van der Waals surface area contributed by atoms with Crippen LogP contribution >= 0.6 is 0 Å². The molecule has 2 saturated heterocycles. The number of amides is 2. The van der Waals surface area contributed by atoms with E-state index in [1.54, 1.807) is 4.90 Å². The predicted molar refractivity (Wildman–Crippen MR) is 145 cm³/mol. The number of hydrogen-bond acceptors (Lipinski definition) is 4. The first-order valence-electron chi connectivity index (χ1n) is 14.0. The number of nitrogens with zero attached hydrogens (tertiary/aromatic N) is 2. The fourth-order valence-corrected chi connectivity index (χ4v) is 5.90. The highest BCUT2D eigenvalue weighted by atomic mass is 16.6. The molecule has 198 valence electrons. The zero-order valence-electron chi connectivity index (χ0n) is 22.6. The molecule has 1 N–H and O–H groups in total. The van der Waals surface area contributed by atoms with Gasteiger partial charge in [0.05, 0.1) is 6.04 Å². The molecule has 0 radical (unpaired) electrons. The van der Waals surface area contributed by atoms with Gasteiger partial charge in [-0.25, -0.2) is 4.79 Å². The van der Waals surface area contributed by atoms with Crippen LogP contribution in [0.1, 0.15) is 101 Å². The smallest absolute Gasteiger partial charge is 0.410 e. The second-order valence-electron chi connectivity index (χ2n) is 11.9. The molecule has 2 heterocycles. The Labute approximate surface area is 217 Å². The Morgan fingerprint density at radius 1 is 1.03 bits per heavy atom. The SMILES string of the molecule is C=C(CN1CCCCC1)c1ccc2c(c1)CCC[C@H]2NC(=O)C[C@@H]1CCCCN1C(=O)OC(C)(C)C. The summed E-state index contributed by atoms with van der Waals surface area (Å²) in [4.78, 5) is 30.1. The van der Waals surface area contributed by atoms with Crippen molar-refractivity contribution in [1.82, 2.24) is 15.1 Å². The van der Waals surface area contributed by atoms with Gasteiger partial charge >= 0.3 is 6.09 Å². The molecule has 1 aliphatic carbocycles. The van der Waals surface area contributed by atoms with Crippen molar-refractivity contribution in [2.24, 2.45) is 0 Å². The number of aryl methyl sites for hydroxylation is 1. The summed E-state index contributed by atoms with van der Waals surface area (Å²) in [6.45, 7) is 14.0. The molecule has 1 aromatic rings. The van der Waals surface area contributed by atoms with Gasteiger partial charge in [-0.2, -0.15) is 0 Å². The van der Waals surface area contributed by atoms with Crippen molar-refractivity contribution in [3.63, 3.8) is 0 Å². The Morgan fingerprint density at radius 2 is 1.78 bits per heavy atom. The van der Waals surface area contributed by atoms with Crippen molar-refractivity contribution in [3.8, 4) is 0 Å². The molecule has 2 fully saturated rings. The van der Waals surface area contributed by atoms with E-state index in [4.69, 9.17) is 4.74 Å². The van der Waals surface area contributed by atoms with E-state index in [0.29, 0.717) is 13.0 Å². The van der Waals surface area contributed by atoms with Crippen LogP contribution in [0.3, 0.4) is 0 Å². The lowest BCUT2D eigenvalue weighted by atomic mass is 9.85. The van der Waals surface area contributed by atoms with Gasteiger partial charge in [-0.1, -0.05) is 31.2 Å². The van der Waals surface area contributed by atoms with Gasteiger partial charge in [0.2, 0.25) is 5.91 Å². The second kappa shape index (κ2) is 11.8. The molecule has 6 nitrogen and oxygen atoms in total. The molecule has 4 rings (SSSR count). The molecule has 0 spiro atoms. The minimum atomic E-state index is -0.537. The Balaban J connectivity index is 1.37. The molecule has 6 heteroatoms. The zero-order valence-corrected chi connectivity index (χ0v) is 22.6. The van der Waals surface area contributed by atoms with Gasteiger partial charge in [0.25, 0.3) is 0 Å². The second-order valence-corrected chi connectivity index (χ2v) is 11.9. The maximum Gasteiger partial charge on any atom is 0.410 e. The predicted octanol–water partition coefficient (Wildman–Crippen LogP) is 5.86. The van der Waals surface area contributed by atoms with Crippen LogP contribution < -0.4 is 5.32 Å². The van der Waals surface area contributed by atoms with E-state index < -0.39 is 5.60 Å². The van der Waals surface area contributed by atoms with Crippen LogP contribution in [0.5, 0.6) is 0 Å². The molecule has 1 aromatic carbocycles. The third-order valence-electron chi connectivity index (χ3n) is 7.74. The number of likely N-dealkylation sites (tertiary alicyclic amines) is 2. The number of benzene rings is 1. The zero-order chi connectivity index (χ0) is 25.7. The van der Waals surface area contributed by atoms with Gasteiger partial charge in [0.15, 0.2) is 0 Å². The van der Waals surface area contributed by atoms with Gasteiger partial charge in [-0.05, 0) is 107 Å². The van der Waals surface area contributed by atoms with E-state index in [2.05, 4.69) is 35.0 Å². The van der Waals surface area contributed by atoms with E-state index in [9.17, 15) is 9.59 Å². The maximum absolute atomic E-state index is 13.1. The highest BCUT2D eigenvalue weighted by Gasteiger charge is 2.32. The minimum Gasteiger partial charge on any atom is -0.444 e. The average Bonchev–Trinajstić information content (AvgIpc) is 2.83. The number of ether oxygens (including phenoxy) is 1. The fraction of sp³-hybridized carbons (Fsp3) is 0.667. The molecule has 0 unspecified atom stereocenters. The van der Waals surface area contributed by atoms with E-state index in [1.807, 2.05) is 20.8 Å². The van der Waals surface area contributed by atoms with Crippen LogP contribution in [0, 0.1) is 0 Å². The monoisotopic (exact) mass is 495 g/mol. The average molecular weight is 496 g/mol. The largest absolute Gasteiger partial charge is 0.444 e. The van der Waals surface area contributed by atoms with Crippen molar-refractivity contribution in [2.45, 2.75) is 103 Å². The van der Waals surface area contributed by atoms with Crippen molar-refractivity contribution < 1.29 is 14.3 Å². The first-order valence-corrected chi connectivity index (χ1v) is 14.0. The van der Waals surface area contributed by atoms with Gasteiger partial charge in [0.1, 0.15) is 5.60 Å². The number of nitrogens with one attached hydrogen (secondary N) is 1. The van der Waals surface area contributed by atoms with Gasteiger partial charge in [-0.15, -0.1) is 0 Å². The number of hydrogen-bond donors (Lipinski definition) is 1. The number of carbonyl (C=O) groups excluding carboxylic acids is 2. The summed E-state index contributed by atoms with van der Waals surface area (Å²) < 4.78 is 5.61. The van der Waals surface area contributed by atoms with Crippen LogP contribution in [0.25, 0.3) is 5.57 Å². The molecule has 0 bridgehead atoms. The van der Waals surface area contributed by atoms with Crippen LogP contribution in [0.2, 0.25) is 0 Å². The van der Waals surface area contributed by atoms with Crippen LogP contribution in [0.15, 0.2) is 24.8 Å². The number of rotatable bonds is 6.